The van der Waals surface area contributed by atoms with Crippen molar-refractivity contribution >= 4 is 17.2 Å². The zero-order valence-electron chi connectivity index (χ0n) is 15.4. The minimum atomic E-state index is -0.106. The molecule has 0 aliphatic heterocycles. The number of benzene rings is 1. The highest BCUT2D eigenvalue weighted by Gasteiger charge is 2.22. The van der Waals surface area contributed by atoms with Gasteiger partial charge in [-0.15, -0.1) is 0 Å². The van der Waals surface area contributed by atoms with Crippen LogP contribution in [0, 0.1) is 0 Å². The molecule has 1 amide bonds. The molecule has 2 heterocycles. The van der Waals surface area contributed by atoms with Gasteiger partial charge in [-0.05, 0) is 42.7 Å². The van der Waals surface area contributed by atoms with Crippen molar-refractivity contribution in [3.05, 3.63) is 64.9 Å². The zero-order valence-corrected chi connectivity index (χ0v) is 16.2. The van der Waals surface area contributed by atoms with Crippen LogP contribution in [0.1, 0.15) is 53.7 Å². The lowest BCUT2D eigenvalue weighted by Gasteiger charge is -2.15. The number of nitrogens with zero attached hydrogens (tertiary/aromatic N) is 2. The number of nitrogens with one attached hydrogen (secondary N) is 1. The Bertz CT molecular complexity index is 867. The van der Waals surface area contributed by atoms with Gasteiger partial charge in [0, 0.05) is 12.4 Å². The summed E-state index contributed by atoms with van der Waals surface area (Å²) in [7, 11) is 1.64. The van der Waals surface area contributed by atoms with Crippen molar-refractivity contribution in [2.75, 3.05) is 7.11 Å². The molecule has 3 rings (SSSR count). The first-order chi connectivity index (χ1) is 12.5. The molecule has 26 heavy (non-hydrogen) atoms. The third kappa shape index (κ3) is 3.80. The van der Waals surface area contributed by atoms with Crippen LogP contribution in [-0.2, 0) is 0 Å². The summed E-state index contributed by atoms with van der Waals surface area (Å²) >= 11 is 1.42. The van der Waals surface area contributed by atoms with Crippen LogP contribution in [-0.4, -0.2) is 22.6 Å². The van der Waals surface area contributed by atoms with Crippen LogP contribution in [0.5, 0.6) is 5.75 Å². The summed E-state index contributed by atoms with van der Waals surface area (Å²) in [6.45, 7) is 6.08. The molecule has 0 spiro atoms. The van der Waals surface area contributed by atoms with Gasteiger partial charge in [0.1, 0.15) is 10.6 Å². The largest absolute Gasteiger partial charge is 0.497 e. The van der Waals surface area contributed by atoms with E-state index in [1.54, 1.807) is 7.11 Å². The number of carbonyl (C=O) groups excluding carboxylic acids is 1. The van der Waals surface area contributed by atoms with E-state index in [1.165, 1.54) is 11.3 Å². The fourth-order valence-corrected chi connectivity index (χ4v) is 3.78. The molecular formula is C20H23N3O2S. The van der Waals surface area contributed by atoms with Crippen LogP contribution < -0.4 is 10.1 Å². The van der Waals surface area contributed by atoms with Crippen molar-refractivity contribution in [2.45, 2.75) is 32.7 Å². The predicted octanol–water partition coefficient (Wildman–Crippen LogP) is 4.56. The molecule has 1 N–H and O–H groups in total. The highest BCUT2D eigenvalue weighted by molar-refractivity contribution is 7.16. The van der Waals surface area contributed by atoms with Crippen LogP contribution in [0.15, 0.2) is 48.8 Å². The van der Waals surface area contributed by atoms with Crippen molar-refractivity contribution < 1.29 is 9.53 Å². The summed E-state index contributed by atoms with van der Waals surface area (Å²) in [5, 5.41) is 3.89. The SMILES string of the molecule is COc1ccc(C(C)NC(=O)c2sc(-n3cccc3)nc2C(C)C)cc1. The van der Waals surface area contributed by atoms with Crippen LogP contribution in [0.2, 0.25) is 0 Å². The molecule has 136 valence electrons. The number of carbonyl (C=O) groups is 1. The molecule has 0 fully saturated rings. The van der Waals surface area contributed by atoms with Gasteiger partial charge < -0.3 is 14.6 Å². The van der Waals surface area contributed by atoms with E-state index in [2.05, 4.69) is 24.1 Å². The Kier molecular flexibility index (Phi) is 5.42. The molecule has 6 heteroatoms. The smallest absolute Gasteiger partial charge is 0.263 e. The van der Waals surface area contributed by atoms with E-state index in [0.717, 1.165) is 22.1 Å². The minimum absolute atomic E-state index is 0.0899. The second-order valence-corrected chi connectivity index (χ2v) is 7.40. The molecule has 0 aliphatic rings. The first-order valence-electron chi connectivity index (χ1n) is 8.58. The lowest BCUT2D eigenvalue weighted by atomic mass is 10.1. The topological polar surface area (TPSA) is 56.1 Å². The molecule has 0 saturated carbocycles. The Morgan fingerprint density at radius 3 is 2.38 bits per heavy atom. The normalized spacial score (nSPS) is 12.2. The highest BCUT2D eigenvalue weighted by atomic mass is 32.1. The summed E-state index contributed by atoms with van der Waals surface area (Å²) in [5.41, 5.74) is 1.86. The Morgan fingerprint density at radius 1 is 1.15 bits per heavy atom. The fourth-order valence-electron chi connectivity index (χ4n) is 2.68. The second kappa shape index (κ2) is 7.74. The van der Waals surface area contributed by atoms with Crippen LogP contribution in [0.3, 0.4) is 0 Å². The fraction of sp³-hybridized carbons (Fsp3) is 0.300. The monoisotopic (exact) mass is 369 g/mol. The van der Waals surface area contributed by atoms with Crippen molar-refractivity contribution in [1.82, 2.24) is 14.9 Å². The molecule has 1 atom stereocenters. The van der Waals surface area contributed by atoms with Gasteiger partial charge >= 0.3 is 0 Å². The molecule has 1 unspecified atom stereocenters. The maximum atomic E-state index is 12.9. The number of hydrogen-bond acceptors (Lipinski definition) is 4. The number of hydrogen-bond donors (Lipinski definition) is 1. The maximum Gasteiger partial charge on any atom is 0.263 e. The Labute approximate surface area is 157 Å². The Morgan fingerprint density at radius 2 is 1.81 bits per heavy atom. The summed E-state index contributed by atoms with van der Waals surface area (Å²) in [4.78, 5) is 18.2. The van der Waals surface area contributed by atoms with E-state index in [4.69, 9.17) is 4.74 Å². The molecule has 0 aliphatic carbocycles. The lowest BCUT2D eigenvalue weighted by Crippen LogP contribution is -2.26. The molecular weight excluding hydrogens is 346 g/mol. The van der Waals surface area contributed by atoms with Crippen molar-refractivity contribution in [3.8, 4) is 10.9 Å². The predicted molar refractivity (Wildman–Crippen MR) is 104 cm³/mol. The molecule has 1 aromatic carbocycles. The minimum Gasteiger partial charge on any atom is -0.497 e. The van der Waals surface area contributed by atoms with Gasteiger partial charge in [0.25, 0.3) is 5.91 Å². The van der Waals surface area contributed by atoms with Crippen molar-refractivity contribution in [1.29, 1.82) is 0 Å². The number of thiazole rings is 1. The van der Waals surface area contributed by atoms with Gasteiger partial charge in [-0.3, -0.25) is 4.79 Å². The quantitative estimate of drug-likeness (QED) is 0.693. The highest BCUT2D eigenvalue weighted by Crippen LogP contribution is 2.28. The average Bonchev–Trinajstić information content (AvgIpc) is 3.31. The van der Waals surface area contributed by atoms with E-state index in [1.807, 2.05) is 60.3 Å². The summed E-state index contributed by atoms with van der Waals surface area (Å²) in [5.74, 6) is 0.883. The number of methoxy groups -OCH3 is 1. The van der Waals surface area contributed by atoms with Crippen LogP contribution in [0.25, 0.3) is 5.13 Å². The van der Waals surface area contributed by atoms with E-state index in [9.17, 15) is 4.79 Å². The summed E-state index contributed by atoms with van der Waals surface area (Å²) < 4.78 is 7.11. The molecule has 0 saturated heterocycles. The number of amides is 1. The van der Waals surface area contributed by atoms with E-state index >= 15 is 0 Å². The summed E-state index contributed by atoms with van der Waals surface area (Å²) in [6, 6.07) is 11.5. The standard InChI is InChI=1S/C20H23N3O2S/c1-13(2)17-18(26-20(22-17)23-11-5-6-12-23)19(24)21-14(3)15-7-9-16(25-4)10-8-15/h5-14H,1-4H3,(H,21,24). The van der Waals surface area contributed by atoms with Gasteiger partial charge in [-0.2, -0.15) is 0 Å². The lowest BCUT2D eigenvalue weighted by molar-refractivity contribution is 0.0942. The first kappa shape index (κ1) is 18.2. The molecule has 0 bridgehead atoms. The third-order valence-corrected chi connectivity index (χ3v) is 5.27. The molecule has 3 aromatic rings. The number of ether oxygens (including phenoxy) is 1. The van der Waals surface area contributed by atoms with E-state index in [0.29, 0.717) is 4.88 Å². The van der Waals surface area contributed by atoms with Gasteiger partial charge in [0.2, 0.25) is 0 Å². The van der Waals surface area contributed by atoms with E-state index in [-0.39, 0.29) is 17.9 Å². The van der Waals surface area contributed by atoms with Gasteiger partial charge in [0.15, 0.2) is 5.13 Å². The van der Waals surface area contributed by atoms with Gasteiger partial charge in [-0.25, -0.2) is 4.98 Å². The number of aromatic nitrogens is 2. The third-order valence-electron chi connectivity index (χ3n) is 4.18. The van der Waals surface area contributed by atoms with Crippen molar-refractivity contribution in [2.24, 2.45) is 0 Å². The van der Waals surface area contributed by atoms with Gasteiger partial charge in [-0.1, -0.05) is 37.3 Å². The van der Waals surface area contributed by atoms with Crippen LogP contribution >= 0.6 is 11.3 Å². The second-order valence-electron chi connectivity index (χ2n) is 6.42. The Balaban J connectivity index is 1.82. The first-order valence-corrected chi connectivity index (χ1v) is 9.40. The molecule has 2 aromatic heterocycles. The Hall–Kier alpha value is -2.60. The summed E-state index contributed by atoms with van der Waals surface area (Å²) in [6.07, 6.45) is 3.87. The number of rotatable bonds is 6. The van der Waals surface area contributed by atoms with Crippen molar-refractivity contribution in [3.63, 3.8) is 0 Å². The average molecular weight is 369 g/mol. The molecule has 0 radical (unpaired) electrons. The van der Waals surface area contributed by atoms with E-state index < -0.39 is 0 Å². The maximum absolute atomic E-state index is 12.9. The molecule has 5 nitrogen and oxygen atoms in total. The van der Waals surface area contributed by atoms with Gasteiger partial charge in [0.05, 0.1) is 18.8 Å². The van der Waals surface area contributed by atoms with Crippen LogP contribution in [0.4, 0.5) is 0 Å². The zero-order chi connectivity index (χ0) is 18.7.